The molecule has 0 spiro atoms. The van der Waals surface area contributed by atoms with Crippen molar-refractivity contribution in [2.75, 3.05) is 6.54 Å². The Morgan fingerprint density at radius 3 is 2.95 bits per heavy atom. The average molecular weight is 300 g/mol. The molecule has 0 amide bonds. The normalized spacial score (nSPS) is 12.9. The van der Waals surface area contributed by atoms with Crippen molar-refractivity contribution in [3.8, 4) is 0 Å². The maximum absolute atomic E-state index is 4.71. The van der Waals surface area contributed by atoms with Crippen molar-refractivity contribution >= 4 is 22.2 Å². The van der Waals surface area contributed by atoms with Crippen LogP contribution in [0, 0.1) is 0 Å². The molecule has 1 N–H and O–H groups in total. The van der Waals surface area contributed by atoms with Crippen molar-refractivity contribution in [1.82, 2.24) is 20.1 Å². The van der Waals surface area contributed by atoms with Gasteiger partial charge in [0.1, 0.15) is 0 Å². The molecule has 0 saturated carbocycles. The number of aryl methyl sites for hydroxylation is 1. The minimum Gasteiger partial charge on any atom is -0.309 e. The van der Waals surface area contributed by atoms with E-state index in [1.54, 1.807) is 11.3 Å². The van der Waals surface area contributed by atoms with Crippen molar-refractivity contribution in [3.05, 3.63) is 46.5 Å². The Morgan fingerprint density at radius 2 is 2.19 bits per heavy atom. The van der Waals surface area contributed by atoms with Crippen LogP contribution in [0.25, 0.3) is 10.9 Å². The van der Waals surface area contributed by atoms with E-state index in [2.05, 4.69) is 41.5 Å². The van der Waals surface area contributed by atoms with Crippen molar-refractivity contribution < 1.29 is 0 Å². The molecule has 0 aliphatic rings. The van der Waals surface area contributed by atoms with Gasteiger partial charge >= 0.3 is 0 Å². The average Bonchev–Trinajstić information content (AvgIpc) is 3.13. The zero-order valence-corrected chi connectivity index (χ0v) is 13.2. The minimum absolute atomic E-state index is 0.288. The number of nitrogens with one attached hydrogen (secondary N) is 1. The first-order valence-electron chi connectivity index (χ1n) is 7.32. The molecule has 1 unspecified atom stereocenters. The van der Waals surface area contributed by atoms with E-state index in [4.69, 9.17) is 5.10 Å². The van der Waals surface area contributed by atoms with E-state index in [9.17, 15) is 0 Å². The number of nitrogens with zero attached hydrogens (tertiary/aromatic N) is 3. The summed E-state index contributed by atoms with van der Waals surface area (Å²) in [6.07, 6.45) is 3.98. The molecule has 1 atom stereocenters. The summed E-state index contributed by atoms with van der Waals surface area (Å²) < 4.78 is 1.97. The quantitative estimate of drug-likeness (QED) is 0.759. The zero-order chi connectivity index (χ0) is 14.7. The smallest absolute Gasteiger partial charge is 0.0794 e. The highest BCUT2D eigenvalue weighted by Gasteiger charge is 2.17. The van der Waals surface area contributed by atoms with Crippen LogP contribution in [0.2, 0.25) is 0 Å². The lowest BCUT2D eigenvalue weighted by molar-refractivity contribution is 0.529. The lowest BCUT2D eigenvalue weighted by atomic mass is 10.1. The Hall–Kier alpha value is -1.72. The van der Waals surface area contributed by atoms with Crippen molar-refractivity contribution in [2.24, 2.45) is 7.05 Å². The number of benzene rings is 1. The summed E-state index contributed by atoms with van der Waals surface area (Å²) >= 11 is 1.70. The molecule has 0 aliphatic carbocycles. The van der Waals surface area contributed by atoms with Crippen molar-refractivity contribution in [3.63, 3.8) is 0 Å². The van der Waals surface area contributed by atoms with Crippen molar-refractivity contribution in [2.45, 2.75) is 25.8 Å². The molecule has 4 nitrogen and oxygen atoms in total. The summed E-state index contributed by atoms with van der Waals surface area (Å²) in [7, 11) is 2.01. The molecule has 0 aliphatic heterocycles. The van der Waals surface area contributed by atoms with Crippen LogP contribution >= 0.6 is 11.3 Å². The molecule has 110 valence electrons. The van der Waals surface area contributed by atoms with Crippen LogP contribution in [0.4, 0.5) is 0 Å². The predicted molar refractivity (Wildman–Crippen MR) is 87.6 cm³/mol. The summed E-state index contributed by atoms with van der Waals surface area (Å²) in [4.78, 5) is 5.49. The van der Waals surface area contributed by atoms with Gasteiger partial charge in [0.2, 0.25) is 0 Å². The zero-order valence-electron chi connectivity index (χ0n) is 12.4. The Kier molecular flexibility index (Phi) is 4.31. The van der Waals surface area contributed by atoms with Gasteiger partial charge in [0.05, 0.1) is 16.7 Å². The van der Waals surface area contributed by atoms with Gasteiger partial charge in [-0.25, -0.2) is 0 Å². The number of rotatable bonds is 6. The number of para-hydroxylation sites is 1. The second-order valence-corrected chi connectivity index (χ2v) is 6.12. The van der Waals surface area contributed by atoms with Gasteiger partial charge in [-0.1, -0.05) is 25.1 Å². The van der Waals surface area contributed by atoms with E-state index in [-0.39, 0.29) is 6.04 Å². The Labute approximate surface area is 128 Å². The van der Waals surface area contributed by atoms with Crippen LogP contribution in [0.3, 0.4) is 0 Å². The van der Waals surface area contributed by atoms with Crippen LogP contribution in [0.15, 0.2) is 36.0 Å². The summed E-state index contributed by atoms with van der Waals surface area (Å²) in [6.45, 7) is 3.19. The van der Waals surface area contributed by atoms with E-state index in [1.165, 1.54) is 15.8 Å². The SMILES string of the molecule is CCCNC(Cc1nn(C)c2ccccc12)c1cncs1. The lowest BCUT2D eigenvalue weighted by Crippen LogP contribution is -2.23. The third-order valence-electron chi connectivity index (χ3n) is 3.67. The number of hydrogen-bond acceptors (Lipinski definition) is 4. The molecule has 0 bridgehead atoms. The number of fused-ring (bicyclic) bond motifs is 1. The minimum atomic E-state index is 0.288. The summed E-state index contributed by atoms with van der Waals surface area (Å²) in [5, 5.41) is 9.57. The largest absolute Gasteiger partial charge is 0.309 e. The Bertz CT molecular complexity index is 702. The van der Waals surface area contributed by atoms with Crippen LogP contribution < -0.4 is 5.32 Å². The maximum atomic E-state index is 4.71. The molecule has 3 rings (SSSR count). The second-order valence-electron chi connectivity index (χ2n) is 5.20. The standard InChI is InChI=1S/C16H20N4S/c1-3-8-18-14(16-10-17-11-21-16)9-13-12-6-4-5-7-15(12)20(2)19-13/h4-7,10-11,14,18H,3,8-9H2,1-2H3. The topological polar surface area (TPSA) is 42.7 Å². The molecule has 0 radical (unpaired) electrons. The van der Waals surface area contributed by atoms with Gasteiger partial charge < -0.3 is 5.32 Å². The fourth-order valence-corrected chi connectivity index (χ4v) is 3.32. The van der Waals surface area contributed by atoms with Gasteiger partial charge in [-0.3, -0.25) is 9.67 Å². The van der Waals surface area contributed by atoms with Crippen LogP contribution in [0.5, 0.6) is 0 Å². The highest BCUT2D eigenvalue weighted by Crippen LogP contribution is 2.25. The van der Waals surface area contributed by atoms with E-state index >= 15 is 0 Å². The van der Waals surface area contributed by atoms with Gasteiger partial charge in [0, 0.05) is 36.0 Å². The number of aromatic nitrogens is 3. The maximum Gasteiger partial charge on any atom is 0.0794 e. The number of hydrogen-bond donors (Lipinski definition) is 1. The summed E-state index contributed by atoms with van der Waals surface area (Å²) in [6, 6.07) is 8.70. The highest BCUT2D eigenvalue weighted by molar-refractivity contribution is 7.09. The third kappa shape index (κ3) is 2.99. The Morgan fingerprint density at radius 1 is 1.33 bits per heavy atom. The monoisotopic (exact) mass is 300 g/mol. The first-order valence-corrected chi connectivity index (χ1v) is 8.20. The second kappa shape index (κ2) is 6.37. The van der Waals surface area contributed by atoms with Gasteiger partial charge in [-0.2, -0.15) is 5.10 Å². The summed E-state index contributed by atoms with van der Waals surface area (Å²) in [5.41, 5.74) is 4.23. The molecule has 2 aromatic heterocycles. The Balaban J connectivity index is 1.90. The third-order valence-corrected chi connectivity index (χ3v) is 4.56. The van der Waals surface area contributed by atoms with Crippen molar-refractivity contribution in [1.29, 1.82) is 0 Å². The fraction of sp³-hybridized carbons (Fsp3) is 0.375. The molecule has 2 heterocycles. The van der Waals surface area contributed by atoms with Gasteiger partial charge in [-0.05, 0) is 19.0 Å². The van der Waals surface area contributed by atoms with E-state index in [0.29, 0.717) is 0 Å². The summed E-state index contributed by atoms with van der Waals surface area (Å²) in [5.74, 6) is 0. The highest BCUT2D eigenvalue weighted by atomic mass is 32.1. The number of thiazole rings is 1. The predicted octanol–water partition coefficient (Wildman–Crippen LogP) is 3.31. The van der Waals surface area contributed by atoms with Crippen LogP contribution in [0.1, 0.15) is 30.0 Å². The van der Waals surface area contributed by atoms with Gasteiger partial charge in [0.25, 0.3) is 0 Å². The first kappa shape index (κ1) is 14.2. The van der Waals surface area contributed by atoms with Gasteiger partial charge in [0.15, 0.2) is 0 Å². The van der Waals surface area contributed by atoms with Gasteiger partial charge in [-0.15, -0.1) is 11.3 Å². The fourth-order valence-electron chi connectivity index (χ4n) is 2.62. The molecule has 5 heteroatoms. The van der Waals surface area contributed by atoms with E-state index < -0.39 is 0 Å². The molecule has 1 aromatic carbocycles. The first-order chi connectivity index (χ1) is 10.3. The molecule has 0 fully saturated rings. The van der Waals surface area contributed by atoms with E-state index in [0.717, 1.165) is 25.1 Å². The molecule has 21 heavy (non-hydrogen) atoms. The molecule has 3 aromatic rings. The van der Waals surface area contributed by atoms with Crippen LogP contribution in [-0.4, -0.2) is 21.3 Å². The molecular formula is C16H20N4S. The molecular weight excluding hydrogens is 280 g/mol. The van der Waals surface area contributed by atoms with Crippen LogP contribution in [-0.2, 0) is 13.5 Å². The molecule has 0 saturated heterocycles. The van der Waals surface area contributed by atoms with E-state index in [1.807, 2.05) is 23.4 Å². The lowest BCUT2D eigenvalue weighted by Gasteiger charge is -2.15.